The summed E-state index contributed by atoms with van der Waals surface area (Å²) in [5.41, 5.74) is 8.34. The predicted molar refractivity (Wildman–Crippen MR) is 75.0 cm³/mol. The summed E-state index contributed by atoms with van der Waals surface area (Å²) in [5, 5.41) is 4.69. The molecule has 0 amide bonds. The van der Waals surface area contributed by atoms with Crippen molar-refractivity contribution in [2.75, 3.05) is 11.9 Å². The van der Waals surface area contributed by atoms with Gasteiger partial charge in [0.1, 0.15) is 0 Å². The summed E-state index contributed by atoms with van der Waals surface area (Å²) in [6, 6.07) is 10.6. The summed E-state index contributed by atoms with van der Waals surface area (Å²) in [7, 11) is 0. The van der Waals surface area contributed by atoms with Crippen LogP contribution in [0.3, 0.4) is 0 Å². The number of nitrogens with one attached hydrogen (secondary N) is 1. The number of ether oxygens (including phenoxy) is 1. The molecule has 0 spiro atoms. The zero-order valence-electron chi connectivity index (χ0n) is 10.6. The van der Waals surface area contributed by atoms with Crippen molar-refractivity contribution in [3.8, 4) is 0 Å². The van der Waals surface area contributed by atoms with Gasteiger partial charge in [-0.2, -0.15) is 0 Å². The molecule has 98 valence electrons. The van der Waals surface area contributed by atoms with Gasteiger partial charge < -0.3 is 15.8 Å². The Morgan fingerprint density at radius 3 is 3.11 bits per heavy atom. The van der Waals surface area contributed by atoms with Gasteiger partial charge in [0.25, 0.3) is 0 Å². The van der Waals surface area contributed by atoms with Crippen LogP contribution >= 0.6 is 0 Å². The van der Waals surface area contributed by atoms with Crippen LogP contribution in [0, 0.1) is 5.92 Å². The quantitative estimate of drug-likeness (QED) is 0.858. The van der Waals surface area contributed by atoms with Crippen molar-refractivity contribution in [2.24, 2.45) is 11.7 Å². The number of hydrogen-bond donors (Lipinski definition) is 2. The summed E-state index contributed by atoms with van der Waals surface area (Å²) in [4.78, 5) is 4.38. The maximum Gasteiger partial charge on any atom is 0.0835 e. The molecule has 3 N–H and O–H groups in total. The molecule has 1 aliphatic heterocycles. The molecule has 2 aliphatic rings. The maximum atomic E-state index is 6.24. The van der Waals surface area contributed by atoms with Crippen molar-refractivity contribution < 1.29 is 4.74 Å². The molecule has 1 aliphatic carbocycles. The molecule has 1 aromatic carbocycles. The minimum absolute atomic E-state index is 0.194. The van der Waals surface area contributed by atoms with E-state index in [2.05, 4.69) is 16.4 Å². The lowest BCUT2D eigenvalue weighted by atomic mass is 9.72. The maximum absolute atomic E-state index is 6.24. The Labute approximate surface area is 112 Å². The van der Waals surface area contributed by atoms with Crippen LogP contribution in [-0.4, -0.2) is 29.8 Å². The largest absolute Gasteiger partial charge is 0.378 e. The van der Waals surface area contributed by atoms with Gasteiger partial charge in [0, 0.05) is 35.8 Å². The Kier molecular flexibility index (Phi) is 2.47. The lowest BCUT2D eigenvalue weighted by Crippen LogP contribution is -2.65. The van der Waals surface area contributed by atoms with E-state index in [1.165, 1.54) is 0 Å². The second-order valence-corrected chi connectivity index (χ2v) is 5.41. The number of rotatable bonds is 2. The minimum atomic E-state index is 0.194. The SMILES string of the molecule is NC1C2CCOC2C1Nc1ccnc2ccccc12. The Morgan fingerprint density at radius 1 is 1.26 bits per heavy atom. The van der Waals surface area contributed by atoms with Crippen molar-refractivity contribution in [3.05, 3.63) is 36.5 Å². The van der Waals surface area contributed by atoms with Crippen molar-refractivity contribution in [1.29, 1.82) is 0 Å². The Bertz CT molecular complexity index is 610. The molecule has 0 radical (unpaired) electrons. The normalized spacial score (nSPS) is 32.9. The van der Waals surface area contributed by atoms with Gasteiger partial charge in [-0.1, -0.05) is 18.2 Å². The zero-order chi connectivity index (χ0) is 12.8. The first-order chi connectivity index (χ1) is 9.34. The summed E-state index contributed by atoms with van der Waals surface area (Å²) in [6.07, 6.45) is 3.21. The fourth-order valence-electron chi connectivity index (χ4n) is 3.33. The fraction of sp³-hybridized carbons (Fsp3) is 0.400. The molecule has 4 rings (SSSR count). The van der Waals surface area contributed by atoms with E-state index in [1.807, 2.05) is 30.5 Å². The summed E-state index contributed by atoms with van der Waals surface area (Å²) < 4.78 is 5.76. The molecule has 1 saturated heterocycles. The van der Waals surface area contributed by atoms with E-state index in [0.717, 1.165) is 29.6 Å². The van der Waals surface area contributed by atoms with E-state index in [1.54, 1.807) is 0 Å². The standard InChI is InChI=1S/C15H17N3O/c16-13-10-6-8-19-15(10)14(13)18-12-5-7-17-11-4-2-1-3-9(11)12/h1-5,7,10,13-15H,6,8,16H2,(H,17,18). The lowest BCUT2D eigenvalue weighted by molar-refractivity contribution is 0.00542. The van der Waals surface area contributed by atoms with Crippen LogP contribution in [0.15, 0.2) is 36.5 Å². The highest BCUT2D eigenvalue weighted by Crippen LogP contribution is 2.39. The third-order valence-corrected chi connectivity index (χ3v) is 4.42. The summed E-state index contributed by atoms with van der Waals surface area (Å²) >= 11 is 0. The first-order valence-electron chi connectivity index (χ1n) is 6.82. The number of anilines is 1. The number of para-hydroxylation sites is 1. The predicted octanol–water partition coefficient (Wildman–Crippen LogP) is 1.76. The van der Waals surface area contributed by atoms with Gasteiger partial charge in [0.15, 0.2) is 0 Å². The molecule has 1 saturated carbocycles. The number of nitrogens with two attached hydrogens (primary N) is 1. The monoisotopic (exact) mass is 255 g/mol. The molecule has 1 aromatic heterocycles. The highest BCUT2D eigenvalue weighted by Gasteiger charge is 2.52. The first kappa shape index (κ1) is 11.2. The third-order valence-electron chi connectivity index (χ3n) is 4.42. The fourth-order valence-corrected chi connectivity index (χ4v) is 3.33. The molecule has 2 heterocycles. The number of benzene rings is 1. The Morgan fingerprint density at radius 2 is 2.16 bits per heavy atom. The van der Waals surface area contributed by atoms with Gasteiger partial charge in [-0.3, -0.25) is 4.98 Å². The van der Waals surface area contributed by atoms with E-state index >= 15 is 0 Å². The van der Waals surface area contributed by atoms with Crippen LogP contribution in [0.2, 0.25) is 0 Å². The molecule has 19 heavy (non-hydrogen) atoms. The summed E-state index contributed by atoms with van der Waals surface area (Å²) in [5.74, 6) is 0.533. The molecular weight excluding hydrogens is 238 g/mol. The van der Waals surface area contributed by atoms with Crippen molar-refractivity contribution in [2.45, 2.75) is 24.6 Å². The first-order valence-corrected chi connectivity index (χ1v) is 6.82. The number of pyridine rings is 1. The molecule has 4 heteroatoms. The van der Waals surface area contributed by atoms with Crippen molar-refractivity contribution >= 4 is 16.6 Å². The number of fused-ring (bicyclic) bond motifs is 2. The number of aromatic nitrogens is 1. The van der Waals surface area contributed by atoms with Gasteiger partial charge >= 0.3 is 0 Å². The Hall–Kier alpha value is -1.65. The van der Waals surface area contributed by atoms with Crippen LogP contribution < -0.4 is 11.1 Å². The highest BCUT2D eigenvalue weighted by atomic mass is 16.5. The van der Waals surface area contributed by atoms with E-state index in [0.29, 0.717) is 5.92 Å². The Balaban J connectivity index is 1.65. The second-order valence-electron chi connectivity index (χ2n) is 5.41. The van der Waals surface area contributed by atoms with Gasteiger partial charge in [-0.15, -0.1) is 0 Å². The zero-order valence-corrected chi connectivity index (χ0v) is 10.6. The second kappa shape index (κ2) is 4.18. The molecule has 4 nitrogen and oxygen atoms in total. The third kappa shape index (κ3) is 1.64. The van der Waals surface area contributed by atoms with Crippen LogP contribution in [0.1, 0.15) is 6.42 Å². The van der Waals surface area contributed by atoms with Gasteiger partial charge in [0.2, 0.25) is 0 Å². The average Bonchev–Trinajstić information content (AvgIpc) is 2.89. The minimum Gasteiger partial charge on any atom is -0.378 e. The van der Waals surface area contributed by atoms with Gasteiger partial charge in [0.05, 0.1) is 17.7 Å². The van der Waals surface area contributed by atoms with Crippen molar-refractivity contribution in [1.82, 2.24) is 4.98 Å². The van der Waals surface area contributed by atoms with Gasteiger partial charge in [-0.05, 0) is 18.6 Å². The van der Waals surface area contributed by atoms with E-state index < -0.39 is 0 Å². The smallest absolute Gasteiger partial charge is 0.0835 e. The van der Waals surface area contributed by atoms with Gasteiger partial charge in [-0.25, -0.2) is 0 Å². The molecule has 4 atom stereocenters. The molecular formula is C15H17N3O. The van der Waals surface area contributed by atoms with E-state index in [4.69, 9.17) is 10.5 Å². The van der Waals surface area contributed by atoms with Crippen molar-refractivity contribution in [3.63, 3.8) is 0 Å². The number of hydrogen-bond acceptors (Lipinski definition) is 4. The molecule has 2 aromatic rings. The molecule has 0 bridgehead atoms. The highest BCUT2D eigenvalue weighted by molar-refractivity contribution is 5.91. The van der Waals surface area contributed by atoms with Crippen LogP contribution in [-0.2, 0) is 4.74 Å². The molecule has 2 fully saturated rings. The molecule has 4 unspecified atom stereocenters. The summed E-state index contributed by atoms with van der Waals surface area (Å²) in [6.45, 7) is 0.846. The van der Waals surface area contributed by atoms with Crippen LogP contribution in [0.4, 0.5) is 5.69 Å². The lowest BCUT2D eigenvalue weighted by Gasteiger charge is -2.46. The average molecular weight is 255 g/mol. The van der Waals surface area contributed by atoms with Crippen LogP contribution in [0.25, 0.3) is 10.9 Å². The van der Waals surface area contributed by atoms with E-state index in [9.17, 15) is 0 Å². The van der Waals surface area contributed by atoms with E-state index in [-0.39, 0.29) is 18.2 Å². The van der Waals surface area contributed by atoms with Crippen LogP contribution in [0.5, 0.6) is 0 Å². The topological polar surface area (TPSA) is 60.2 Å². The number of nitrogens with zero attached hydrogens (tertiary/aromatic N) is 1.